The maximum atomic E-state index is 12.2. The highest BCUT2D eigenvalue weighted by Gasteiger charge is 2.05. The van der Waals surface area contributed by atoms with Gasteiger partial charge >= 0.3 is 0 Å². The number of rotatable bonds is 7. The summed E-state index contributed by atoms with van der Waals surface area (Å²) in [6, 6.07) is 23.5. The van der Waals surface area contributed by atoms with Crippen molar-refractivity contribution in [1.82, 2.24) is 0 Å². The number of benzene rings is 3. The Labute approximate surface area is 160 Å². The van der Waals surface area contributed by atoms with Crippen molar-refractivity contribution in [2.24, 2.45) is 0 Å². The van der Waals surface area contributed by atoms with Crippen molar-refractivity contribution in [3.8, 4) is 5.75 Å². The van der Waals surface area contributed by atoms with Gasteiger partial charge in [-0.3, -0.25) is 4.79 Å². The molecule has 0 aliphatic carbocycles. The standard InChI is InChI=1S/C23H24N2O2/c1-17-8-13-22(18(2)14-17)24-15-23(26)25-20-9-11-21(12-10-20)27-16-19-6-4-3-5-7-19/h3-14,24H,15-16H2,1-2H3,(H,25,26). The van der Waals surface area contributed by atoms with Gasteiger partial charge in [0.05, 0.1) is 6.54 Å². The summed E-state index contributed by atoms with van der Waals surface area (Å²) in [5.41, 5.74) is 5.17. The van der Waals surface area contributed by atoms with Crippen LogP contribution in [0.5, 0.6) is 5.75 Å². The molecule has 4 heteroatoms. The summed E-state index contributed by atoms with van der Waals surface area (Å²) in [6.07, 6.45) is 0. The first-order valence-electron chi connectivity index (χ1n) is 8.98. The molecule has 0 spiro atoms. The summed E-state index contributed by atoms with van der Waals surface area (Å²) in [6.45, 7) is 4.82. The lowest BCUT2D eigenvalue weighted by Crippen LogP contribution is -2.22. The summed E-state index contributed by atoms with van der Waals surface area (Å²) >= 11 is 0. The van der Waals surface area contributed by atoms with E-state index in [1.54, 1.807) is 0 Å². The number of carbonyl (C=O) groups is 1. The quantitative estimate of drug-likeness (QED) is 0.628. The van der Waals surface area contributed by atoms with Gasteiger partial charge in [0.1, 0.15) is 12.4 Å². The number of aryl methyl sites for hydroxylation is 2. The van der Waals surface area contributed by atoms with Crippen molar-refractivity contribution in [2.75, 3.05) is 17.2 Å². The van der Waals surface area contributed by atoms with Crippen molar-refractivity contribution in [2.45, 2.75) is 20.5 Å². The molecule has 0 unspecified atom stereocenters. The molecule has 138 valence electrons. The van der Waals surface area contributed by atoms with Crippen LogP contribution in [0.25, 0.3) is 0 Å². The third-order valence-corrected chi connectivity index (χ3v) is 4.21. The van der Waals surface area contributed by atoms with Crippen LogP contribution in [-0.4, -0.2) is 12.5 Å². The van der Waals surface area contributed by atoms with Crippen LogP contribution in [0.1, 0.15) is 16.7 Å². The van der Waals surface area contributed by atoms with Crippen molar-refractivity contribution >= 4 is 17.3 Å². The van der Waals surface area contributed by atoms with Gasteiger partial charge in [-0.25, -0.2) is 0 Å². The van der Waals surface area contributed by atoms with Gasteiger partial charge in [0.25, 0.3) is 0 Å². The lowest BCUT2D eigenvalue weighted by molar-refractivity contribution is -0.114. The second-order valence-corrected chi connectivity index (χ2v) is 6.52. The van der Waals surface area contributed by atoms with E-state index in [0.717, 1.165) is 28.3 Å². The number of amides is 1. The van der Waals surface area contributed by atoms with Gasteiger partial charge in [-0.05, 0) is 55.3 Å². The highest BCUT2D eigenvalue weighted by Crippen LogP contribution is 2.18. The summed E-state index contributed by atoms with van der Waals surface area (Å²) in [7, 11) is 0. The van der Waals surface area contributed by atoms with Crippen LogP contribution in [0.4, 0.5) is 11.4 Å². The van der Waals surface area contributed by atoms with Gasteiger partial charge in [-0.2, -0.15) is 0 Å². The number of ether oxygens (including phenoxy) is 1. The molecule has 0 aliphatic heterocycles. The minimum Gasteiger partial charge on any atom is -0.489 e. The summed E-state index contributed by atoms with van der Waals surface area (Å²) < 4.78 is 5.76. The second-order valence-electron chi connectivity index (χ2n) is 6.52. The van der Waals surface area contributed by atoms with E-state index in [1.165, 1.54) is 5.56 Å². The number of carbonyl (C=O) groups excluding carboxylic acids is 1. The normalized spacial score (nSPS) is 10.3. The van der Waals surface area contributed by atoms with Gasteiger partial charge in [-0.15, -0.1) is 0 Å². The SMILES string of the molecule is Cc1ccc(NCC(=O)Nc2ccc(OCc3ccccc3)cc2)c(C)c1. The maximum absolute atomic E-state index is 12.2. The predicted octanol–water partition coefficient (Wildman–Crippen LogP) is 4.93. The van der Waals surface area contributed by atoms with Crippen LogP contribution in [0.2, 0.25) is 0 Å². The van der Waals surface area contributed by atoms with Gasteiger partial charge in [0, 0.05) is 11.4 Å². The molecular formula is C23H24N2O2. The Morgan fingerprint density at radius 3 is 2.37 bits per heavy atom. The molecule has 0 heterocycles. The molecule has 0 bridgehead atoms. The van der Waals surface area contributed by atoms with Gasteiger partial charge in [0.15, 0.2) is 0 Å². The van der Waals surface area contributed by atoms with Crippen LogP contribution in [0.15, 0.2) is 72.8 Å². The maximum Gasteiger partial charge on any atom is 0.243 e. The minimum atomic E-state index is -0.0899. The largest absolute Gasteiger partial charge is 0.489 e. The van der Waals surface area contributed by atoms with E-state index in [-0.39, 0.29) is 12.5 Å². The molecule has 4 nitrogen and oxygen atoms in total. The van der Waals surface area contributed by atoms with E-state index in [2.05, 4.69) is 23.6 Å². The van der Waals surface area contributed by atoms with E-state index >= 15 is 0 Å². The first-order valence-corrected chi connectivity index (χ1v) is 8.98. The van der Waals surface area contributed by atoms with Crippen molar-refractivity contribution in [3.63, 3.8) is 0 Å². The van der Waals surface area contributed by atoms with E-state index in [1.807, 2.05) is 73.7 Å². The van der Waals surface area contributed by atoms with Crippen LogP contribution in [0.3, 0.4) is 0 Å². The highest BCUT2D eigenvalue weighted by atomic mass is 16.5. The zero-order valence-corrected chi connectivity index (χ0v) is 15.7. The molecule has 0 radical (unpaired) electrons. The fourth-order valence-electron chi connectivity index (χ4n) is 2.77. The van der Waals surface area contributed by atoms with Gasteiger partial charge in [0.2, 0.25) is 5.91 Å². The van der Waals surface area contributed by atoms with E-state index in [9.17, 15) is 4.79 Å². The molecule has 0 aromatic heterocycles. The Kier molecular flexibility index (Phi) is 6.10. The Morgan fingerprint density at radius 2 is 1.67 bits per heavy atom. The third kappa shape index (κ3) is 5.61. The number of anilines is 2. The van der Waals surface area contributed by atoms with Crippen molar-refractivity contribution < 1.29 is 9.53 Å². The van der Waals surface area contributed by atoms with Crippen LogP contribution in [-0.2, 0) is 11.4 Å². The second kappa shape index (κ2) is 8.90. The van der Waals surface area contributed by atoms with E-state index in [4.69, 9.17) is 4.74 Å². The van der Waals surface area contributed by atoms with Crippen molar-refractivity contribution in [3.05, 3.63) is 89.5 Å². The number of nitrogens with one attached hydrogen (secondary N) is 2. The summed E-state index contributed by atoms with van der Waals surface area (Å²) in [5, 5.41) is 6.06. The number of hydrogen-bond acceptors (Lipinski definition) is 3. The lowest BCUT2D eigenvalue weighted by atomic mass is 10.1. The van der Waals surface area contributed by atoms with E-state index < -0.39 is 0 Å². The molecule has 0 saturated carbocycles. The van der Waals surface area contributed by atoms with Gasteiger partial charge < -0.3 is 15.4 Å². The average Bonchev–Trinajstić information content (AvgIpc) is 2.67. The van der Waals surface area contributed by atoms with Crippen molar-refractivity contribution in [1.29, 1.82) is 0 Å². The molecule has 0 fully saturated rings. The molecule has 0 saturated heterocycles. The topological polar surface area (TPSA) is 50.4 Å². The lowest BCUT2D eigenvalue weighted by Gasteiger charge is -2.11. The Morgan fingerprint density at radius 1 is 0.926 bits per heavy atom. The molecular weight excluding hydrogens is 336 g/mol. The summed E-state index contributed by atoms with van der Waals surface area (Å²) in [5.74, 6) is 0.679. The van der Waals surface area contributed by atoms with Crippen LogP contribution in [0, 0.1) is 13.8 Å². The zero-order chi connectivity index (χ0) is 19.1. The Bertz CT molecular complexity index is 890. The zero-order valence-electron chi connectivity index (χ0n) is 15.7. The third-order valence-electron chi connectivity index (χ3n) is 4.21. The fourth-order valence-corrected chi connectivity index (χ4v) is 2.77. The van der Waals surface area contributed by atoms with E-state index in [0.29, 0.717) is 6.61 Å². The smallest absolute Gasteiger partial charge is 0.243 e. The van der Waals surface area contributed by atoms with Crippen LogP contribution < -0.4 is 15.4 Å². The molecule has 3 rings (SSSR count). The monoisotopic (exact) mass is 360 g/mol. The molecule has 2 N–H and O–H groups in total. The molecule has 3 aromatic carbocycles. The van der Waals surface area contributed by atoms with Gasteiger partial charge in [-0.1, -0.05) is 48.0 Å². The predicted molar refractivity (Wildman–Crippen MR) is 110 cm³/mol. The fraction of sp³-hybridized carbons (Fsp3) is 0.174. The number of hydrogen-bond donors (Lipinski definition) is 2. The molecule has 3 aromatic rings. The highest BCUT2D eigenvalue weighted by molar-refractivity contribution is 5.93. The molecule has 1 amide bonds. The molecule has 0 atom stereocenters. The first kappa shape index (κ1) is 18.5. The Balaban J connectivity index is 1.48. The minimum absolute atomic E-state index is 0.0899. The molecule has 0 aliphatic rings. The Hall–Kier alpha value is -3.27. The average molecular weight is 360 g/mol. The first-order chi connectivity index (χ1) is 13.1. The summed E-state index contributed by atoms with van der Waals surface area (Å²) in [4.78, 5) is 12.2. The van der Waals surface area contributed by atoms with Crippen LogP contribution >= 0.6 is 0 Å². The molecule has 27 heavy (non-hydrogen) atoms.